The molecule has 126 valence electrons. The van der Waals surface area contributed by atoms with Crippen LogP contribution in [0.25, 0.3) is 0 Å². The Kier molecular flexibility index (Phi) is 10.9. The molecule has 0 aromatic carbocycles. The third kappa shape index (κ3) is 9.22. The average molecular weight is 332 g/mol. The lowest BCUT2D eigenvalue weighted by Crippen LogP contribution is -2.26. The summed E-state index contributed by atoms with van der Waals surface area (Å²) >= 11 is 1.22. The van der Waals surface area contributed by atoms with Gasteiger partial charge in [-0.25, -0.2) is 17.6 Å². The van der Waals surface area contributed by atoms with Crippen LogP contribution in [0.2, 0.25) is 0 Å². The minimum Gasteiger partial charge on any atom is -0.465 e. The molecule has 21 heavy (non-hydrogen) atoms. The number of esters is 1. The summed E-state index contributed by atoms with van der Waals surface area (Å²) in [7, 11) is 0. The number of carbonyl (C=O) groups is 1. The van der Waals surface area contributed by atoms with E-state index in [1.807, 2.05) is 6.92 Å². The maximum Gasteiger partial charge on any atom is 0.319 e. The molecule has 0 aliphatic rings. The van der Waals surface area contributed by atoms with Gasteiger partial charge in [0, 0.05) is 6.42 Å². The van der Waals surface area contributed by atoms with Gasteiger partial charge < -0.3 is 4.74 Å². The van der Waals surface area contributed by atoms with Gasteiger partial charge in [0.05, 0.1) is 6.61 Å². The van der Waals surface area contributed by atoms with Crippen LogP contribution in [0.4, 0.5) is 17.6 Å². The zero-order chi connectivity index (χ0) is 16.3. The van der Waals surface area contributed by atoms with Crippen molar-refractivity contribution in [3.63, 3.8) is 0 Å². The average Bonchev–Trinajstić information content (AvgIpc) is 2.41. The number of halogens is 4. The van der Waals surface area contributed by atoms with Crippen molar-refractivity contribution in [3.05, 3.63) is 0 Å². The van der Waals surface area contributed by atoms with Gasteiger partial charge in [0.15, 0.2) is 0 Å². The van der Waals surface area contributed by atoms with Crippen LogP contribution in [0.15, 0.2) is 0 Å². The van der Waals surface area contributed by atoms with E-state index >= 15 is 0 Å². The monoisotopic (exact) mass is 332 g/mol. The smallest absolute Gasteiger partial charge is 0.319 e. The van der Waals surface area contributed by atoms with E-state index in [1.165, 1.54) is 11.8 Å². The molecule has 0 rings (SSSR count). The van der Waals surface area contributed by atoms with Gasteiger partial charge in [-0.05, 0) is 25.5 Å². The molecule has 0 bridgehead atoms. The van der Waals surface area contributed by atoms with Gasteiger partial charge in [-0.3, -0.25) is 4.79 Å². The number of alkyl halides is 4. The van der Waals surface area contributed by atoms with Crippen LogP contribution < -0.4 is 0 Å². The summed E-state index contributed by atoms with van der Waals surface area (Å²) in [5, 5.41) is -0.392. The SMILES string of the molecule is CCCCCC(SCCCC(F)(F)C(F)F)C(=O)OCC. The highest BCUT2D eigenvalue weighted by molar-refractivity contribution is 8.00. The first-order chi connectivity index (χ1) is 9.85. The molecule has 2 nitrogen and oxygen atoms in total. The number of ether oxygens (including phenoxy) is 1. The summed E-state index contributed by atoms with van der Waals surface area (Å²) in [6, 6.07) is 0. The molecule has 1 unspecified atom stereocenters. The molecule has 0 aromatic rings. The Bertz CT molecular complexity index is 288. The molecule has 0 aliphatic carbocycles. The van der Waals surface area contributed by atoms with E-state index < -0.39 is 24.0 Å². The van der Waals surface area contributed by atoms with Crippen molar-refractivity contribution in [2.75, 3.05) is 12.4 Å². The molecule has 0 spiro atoms. The van der Waals surface area contributed by atoms with Crippen molar-refractivity contribution in [1.82, 2.24) is 0 Å². The first-order valence-electron chi connectivity index (χ1n) is 7.29. The summed E-state index contributed by atoms with van der Waals surface area (Å²) in [6.07, 6.45) is -1.05. The summed E-state index contributed by atoms with van der Waals surface area (Å²) in [5.41, 5.74) is 0. The van der Waals surface area contributed by atoms with E-state index in [0.29, 0.717) is 6.42 Å². The van der Waals surface area contributed by atoms with E-state index in [-0.39, 0.29) is 24.7 Å². The van der Waals surface area contributed by atoms with Crippen molar-refractivity contribution >= 4 is 17.7 Å². The third-order valence-corrected chi connectivity index (χ3v) is 4.27. The normalized spacial score (nSPS) is 13.5. The predicted octanol–water partition coefficient (Wildman–Crippen LogP) is 4.91. The van der Waals surface area contributed by atoms with Crippen molar-refractivity contribution in [3.8, 4) is 0 Å². The van der Waals surface area contributed by atoms with E-state index in [1.54, 1.807) is 6.92 Å². The zero-order valence-electron chi connectivity index (χ0n) is 12.5. The van der Waals surface area contributed by atoms with Crippen molar-refractivity contribution < 1.29 is 27.1 Å². The molecule has 0 heterocycles. The first kappa shape index (κ1) is 20.5. The molecule has 0 N–H and O–H groups in total. The van der Waals surface area contributed by atoms with Gasteiger partial charge in [-0.1, -0.05) is 26.2 Å². The highest BCUT2D eigenvalue weighted by atomic mass is 32.2. The van der Waals surface area contributed by atoms with Crippen LogP contribution in [-0.2, 0) is 9.53 Å². The second kappa shape index (κ2) is 11.2. The van der Waals surface area contributed by atoms with Crippen LogP contribution in [0.5, 0.6) is 0 Å². The van der Waals surface area contributed by atoms with Crippen LogP contribution >= 0.6 is 11.8 Å². The minimum absolute atomic E-state index is 0.0499. The number of thioether (sulfide) groups is 1. The standard InChI is InChI=1S/C14H24F4O2S/c1-3-5-6-8-11(12(19)20-4-2)21-10-7-9-14(17,18)13(15)16/h11,13H,3-10H2,1-2H3. The van der Waals surface area contributed by atoms with Gasteiger partial charge in [-0.2, -0.15) is 0 Å². The summed E-state index contributed by atoms with van der Waals surface area (Å²) in [5.74, 6) is -4.04. The molecule has 0 saturated carbocycles. The summed E-state index contributed by atoms with van der Waals surface area (Å²) in [6.45, 7) is 4.01. The molecular weight excluding hydrogens is 308 g/mol. The lowest BCUT2D eigenvalue weighted by atomic mass is 10.1. The van der Waals surface area contributed by atoms with E-state index in [0.717, 1.165) is 19.3 Å². The molecule has 0 saturated heterocycles. The van der Waals surface area contributed by atoms with Gasteiger partial charge >= 0.3 is 18.3 Å². The van der Waals surface area contributed by atoms with Crippen LogP contribution in [0.3, 0.4) is 0 Å². The topological polar surface area (TPSA) is 26.3 Å². The fraction of sp³-hybridized carbons (Fsp3) is 0.929. The third-order valence-electron chi connectivity index (χ3n) is 2.91. The molecule has 0 amide bonds. The maximum atomic E-state index is 12.7. The number of rotatable bonds is 12. The Hall–Kier alpha value is -0.460. The molecule has 0 aliphatic heterocycles. The Morgan fingerprint density at radius 2 is 1.86 bits per heavy atom. The number of hydrogen-bond donors (Lipinski definition) is 0. The van der Waals surface area contributed by atoms with Crippen molar-refractivity contribution in [2.24, 2.45) is 0 Å². The second-order valence-corrected chi connectivity index (χ2v) is 6.08. The van der Waals surface area contributed by atoms with E-state index in [2.05, 4.69) is 0 Å². The highest BCUT2D eigenvalue weighted by Crippen LogP contribution is 2.29. The number of hydrogen-bond acceptors (Lipinski definition) is 3. The summed E-state index contributed by atoms with van der Waals surface area (Å²) in [4.78, 5) is 11.7. The molecule has 0 aromatic heterocycles. The van der Waals surface area contributed by atoms with Crippen LogP contribution in [-0.4, -0.2) is 35.9 Å². The van der Waals surface area contributed by atoms with Gasteiger partial charge in [0.2, 0.25) is 0 Å². The number of unbranched alkanes of at least 4 members (excludes halogenated alkanes) is 2. The fourth-order valence-electron chi connectivity index (χ4n) is 1.73. The van der Waals surface area contributed by atoms with E-state index in [9.17, 15) is 22.4 Å². The van der Waals surface area contributed by atoms with Crippen LogP contribution in [0.1, 0.15) is 52.4 Å². The molecule has 0 radical (unpaired) electrons. The zero-order valence-corrected chi connectivity index (χ0v) is 13.4. The van der Waals surface area contributed by atoms with Crippen molar-refractivity contribution in [1.29, 1.82) is 0 Å². The fourth-order valence-corrected chi connectivity index (χ4v) is 2.86. The Balaban J connectivity index is 4.13. The van der Waals surface area contributed by atoms with Gasteiger partial charge in [0.25, 0.3) is 0 Å². The molecule has 1 atom stereocenters. The highest BCUT2D eigenvalue weighted by Gasteiger charge is 2.39. The number of carbonyl (C=O) groups excluding carboxylic acids is 1. The van der Waals surface area contributed by atoms with Crippen LogP contribution in [0, 0.1) is 0 Å². The second-order valence-electron chi connectivity index (χ2n) is 4.77. The Morgan fingerprint density at radius 1 is 1.19 bits per heavy atom. The van der Waals surface area contributed by atoms with Gasteiger partial charge in [-0.15, -0.1) is 11.8 Å². The molecular formula is C14H24F4O2S. The maximum absolute atomic E-state index is 12.7. The minimum atomic E-state index is -3.94. The Labute approximate surface area is 128 Å². The Morgan fingerprint density at radius 3 is 2.38 bits per heavy atom. The molecule has 7 heteroatoms. The van der Waals surface area contributed by atoms with Crippen molar-refractivity contribution in [2.45, 2.75) is 70.0 Å². The lowest BCUT2D eigenvalue weighted by Gasteiger charge is -2.17. The predicted molar refractivity (Wildman–Crippen MR) is 77.2 cm³/mol. The quantitative estimate of drug-likeness (QED) is 0.288. The van der Waals surface area contributed by atoms with Gasteiger partial charge in [0.1, 0.15) is 5.25 Å². The van der Waals surface area contributed by atoms with E-state index in [4.69, 9.17) is 4.74 Å². The lowest BCUT2D eigenvalue weighted by molar-refractivity contribution is -0.142. The largest absolute Gasteiger partial charge is 0.465 e. The summed E-state index contributed by atoms with van der Waals surface area (Å²) < 4.78 is 54.4. The first-order valence-corrected chi connectivity index (χ1v) is 8.34. The molecule has 0 fully saturated rings.